The summed E-state index contributed by atoms with van der Waals surface area (Å²) >= 11 is 7.20. The number of Topliss-reactive ketones (excluding diaryl/α,β-unsaturated/α-hetero) is 1. The molecule has 0 amide bonds. The normalized spacial score (nSPS) is 11.7. The molecule has 2 aromatic heterocycles. The van der Waals surface area contributed by atoms with Crippen LogP contribution in [-0.4, -0.2) is 40.8 Å². The lowest BCUT2D eigenvalue weighted by Crippen LogP contribution is -2.14. The van der Waals surface area contributed by atoms with E-state index >= 15 is 0 Å². The van der Waals surface area contributed by atoms with Crippen LogP contribution in [0.1, 0.15) is 29.2 Å². The summed E-state index contributed by atoms with van der Waals surface area (Å²) in [5.74, 6) is 0.393. The highest BCUT2D eigenvalue weighted by atomic mass is 35.5. The van der Waals surface area contributed by atoms with Crippen molar-refractivity contribution >= 4 is 40.2 Å². The van der Waals surface area contributed by atoms with Crippen LogP contribution < -0.4 is 5.32 Å². The molecule has 0 aromatic carbocycles. The lowest BCUT2D eigenvalue weighted by Gasteiger charge is -2.12. The van der Waals surface area contributed by atoms with Crippen LogP contribution in [0.5, 0.6) is 0 Å². The molecular formula is C16H19ClN4OS. The van der Waals surface area contributed by atoms with Gasteiger partial charge in [0.1, 0.15) is 0 Å². The van der Waals surface area contributed by atoms with Crippen molar-refractivity contribution < 1.29 is 4.79 Å². The number of aromatic nitrogens is 2. The molecule has 0 aliphatic carbocycles. The van der Waals surface area contributed by atoms with E-state index in [-0.39, 0.29) is 11.8 Å². The summed E-state index contributed by atoms with van der Waals surface area (Å²) < 4.78 is 0.586. The number of thiophene rings is 1. The molecule has 0 unspecified atom stereocenters. The smallest absolute Gasteiger partial charge is 0.223 e. The summed E-state index contributed by atoms with van der Waals surface area (Å²) in [5, 5.41) is 3.14. The number of ketones is 1. The highest BCUT2D eigenvalue weighted by molar-refractivity contribution is 7.18. The van der Waals surface area contributed by atoms with E-state index in [0.29, 0.717) is 26.4 Å². The maximum absolute atomic E-state index is 12.8. The van der Waals surface area contributed by atoms with E-state index in [1.165, 1.54) is 11.3 Å². The summed E-state index contributed by atoms with van der Waals surface area (Å²) in [5.41, 5.74) is 1.08. The number of hydrogen-bond donors (Lipinski definition) is 1. The van der Waals surface area contributed by atoms with Crippen molar-refractivity contribution in [3.05, 3.63) is 45.5 Å². The molecule has 0 aliphatic heterocycles. The molecule has 2 heterocycles. The molecule has 0 aliphatic rings. The molecule has 122 valence electrons. The Balaban J connectivity index is 2.41. The van der Waals surface area contributed by atoms with E-state index in [1.54, 1.807) is 30.6 Å². The van der Waals surface area contributed by atoms with E-state index in [4.69, 9.17) is 11.6 Å². The molecule has 2 aromatic rings. The first-order valence-electron chi connectivity index (χ1n) is 7.15. The summed E-state index contributed by atoms with van der Waals surface area (Å²) in [7, 11) is 3.73. The van der Waals surface area contributed by atoms with Crippen LogP contribution in [0.25, 0.3) is 5.57 Å². The first kappa shape index (κ1) is 17.4. The molecule has 23 heavy (non-hydrogen) atoms. The van der Waals surface area contributed by atoms with Gasteiger partial charge in [-0.3, -0.25) is 4.79 Å². The lowest BCUT2D eigenvalue weighted by atomic mass is 10.1. The maximum Gasteiger partial charge on any atom is 0.223 e. The Morgan fingerprint density at radius 2 is 2.09 bits per heavy atom. The van der Waals surface area contributed by atoms with Crippen LogP contribution in [0.4, 0.5) is 5.95 Å². The molecule has 0 saturated carbocycles. The van der Waals surface area contributed by atoms with Gasteiger partial charge in [0.05, 0.1) is 20.5 Å². The minimum atomic E-state index is -0.107. The Labute approximate surface area is 145 Å². The van der Waals surface area contributed by atoms with Crippen molar-refractivity contribution in [3.8, 4) is 0 Å². The van der Waals surface area contributed by atoms with Crippen LogP contribution in [0.3, 0.4) is 0 Å². The van der Waals surface area contributed by atoms with Gasteiger partial charge in [0.2, 0.25) is 11.7 Å². The number of hydrogen-bond acceptors (Lipinski definition) is 6. The first-order valence-corrected chi connectivity index (χ1v) is 8.34. The SMILES string of the molecule is CC(C)Nc1nccc(C(=CN(C)C)C(=O)c2ccc(Cl)s2)n1. The van der Waals surface area contributed by atoms with Crippen LogP contribution in [-0.2, 0) is 0 Å². The number of nitrogens with one attached hydrogen (secondary N) is 1. The van der Waals surface area contributed by atoms with Gasteiger partial charge in [-0.05, 0) is 32.0 Å². The zero-order valence-corrected chi connectivity index (χ0v) is 15.1. The highest BCUT2D eigenvalue weighted by Gasteiger charge is 2.19. The predicted octanol–water partition coefficient (Wildman–Crippen LogP) is 3.80. The van der Waals surface area contributed by atoms with Crippen molar-refractivity contribution in [2.75, 3.05) is 19.4 Å². The predicted molar refractivity (Wildman–Crippen MR) is 96.1 cm³/mol. The zero-order chi connectivity index (χ0) is 17.0. The van der Waals surface area contributed by atoms with Crippen LogP contribution >= 0.6 is 22.9 Å². The zero-order valence-electron chi connectivity index (χ0n) is 13.5. The second kappa shape index (κ2) is 7.57. The van der Waals surface area contributed by atoms with Gasteiger partial charge in [-0.15, -0.1) is 11.3 Å². The third-order valence-electron chi connectivity index (χ3n) is 2.78. The number of allylic oxidation sites excluding steroid dienone is 1. The molecule has 1 N–H and O–H groups in total. The fourth-order valence-electron chi connectivity index (χ4n) is 1.90. The number of rotatable bonds is 6. The number of anilines is 1. The summed E-state index contributed by atoms with van der Waals surface area (Å²) in [4.78, 5) is 23.8. The van der Waals surface area contributed by atoms with E-state index in [1.807, 2.05) is 32.8 Å². The van der Waals surface area contributed by atoms with E-state index in [0.717, 1.165) is 0 Å². The van der Waals surface area contributed by atoms with Gasteiger partial charge in [-0.1, -0.05) is 11.6 Å². The summed E-state index contributed by atoms with van der Waals surface area (Å²) in [6.45, 7) is 4.01. The van der Waals surface area contributed by atoms with Gasteiger partial charge in [0.25, 0.3) is 0 Å². The van der Waals surface area contributed by atoms with Crippen molar-refractivity contribution in [1.82, 2.24) is 14.9 Å². The Morgan fingerprint density at radius 3 is 2.65 bits per heavy atom. The third-order valence-corrected chi connectivity index (χ3v) is 4.01. The Hall–Kier alpha value is -1.92. The minimum absolute atomic E-state index is 0.107. The average molecular weight is 351 g/mol. The maximum atomic E-state index is 12.8. The molecule has 2 rings (SSSR count). The van der Waals surface area contributed by atoms with Crippen molar-refractivity contribution in [2.45, 2.75) is 19.9 Å². The summed E-state index contributed by atoms with van der Waals surface area (Å²) in [6, 6.07) is 5.39. The largest absolute Gasteiger partial charge is 0.383 e. The molecule has 0 saturated heterocycles. The van der Waals surface area contributed by atoms with Gasteiger partial charge in [-0.2, -0.15) is 0 Å². The number of halogens is 1. The van der Waals surface area contributed by atoms with Crippen LogP contribution in [0, 0.1) is 0 Å². The molecule has 0 radical (unpaired) electrons. The monoisotopic (exact) mass is 350 g/mol. The fourth-order valence-corrected chi connectivity index (χ4v) is 2.90. The van der Waals surface area contributed by atoms with E-state index < -0.39 is 0 Å². The number of carbonyl (C=O) groups excluding carboxylic acids is 1. The van der Waals surface area contributed by atoms with Gasteiger partial charge < -0.3 is 10.2 Å². The van der Waals surface area contributed by atoms with Crippen molar-refractivity contribution in [2.24, 2.45) is 0 Å². The van der Waals surface area contributed by atoms with Gasteiger partial charge in [0.15, 0.2) is 0 Å². The molecule has 0 spiro atoms. The molecule has 5 nitrogen and oxygen atoms in total. The quantitative estimate of drug-likeness (QED) is 0.634. The van der Waals surface area contributed by atoms with Crippen molar-refractivity contribution in [3.63, 3.8) is 0 Å². The average Bonchev–Trinajstić information content (AvgIpc) is 2.90. The van der Waals surface area contributed by atoms with Crippen LogP contribution in [0.15, 0.2) is 30.6 Å². The van der Waals surface area contributed by atoms with Crippen LogP contribution in [0.2, 0.25) is 4.34 Å². The second-order valence-corrected chi connectivity index (χ2v) is 7.22. The standard InChI is InChI=1S/C16H19ClN4OS/c1-10(2)19-16-18-8-7-12(20-16)11(9-21(3)4)15(22)13-5-6-14(17)23-13/h5-10H,1-4H3,(H,18,19,20). The highest BCUT2D eigenvalue weighted by Crippen LogP contribution is 2.27. The second-order valence-electron chi connectivity index (χ2n) is 5.50. The van der Waals surface area contributed by atoms with Crippen molar-refractivity contribution in [1.29, 1.82) is 0 Å². The Morgan fingerprint density at radius 1 is 1.35 bits per heavy atom. The Bertz CT molecular complexity index is 724. The number of carbonyl (C=O) groups is 1. The third kappa shape index (κ3) is 4.77. The minimum Gasteiger partial charge on any atom is -0.383 e. The molecule has 0 fully saturated rings. The Kier molecular flexibility index (Phi) is 5.74. The van der Waals surface area contributed by atoms with E-state index in [2.05, 4.69) is 15.3 Å². The molecular weight excluding hydrogens is 332 g/mol. The molecule has 0 bridgehead atoms. The van der Waals surface area contributed by atoms with E-state index in [9.17, 15) is 4.79 Å². The summed E-state index contributed by atoms with van der Waals surface area (Å²) in [6.07, 6.45) is 3.41. The molecule has 7 heteroatoms. The van der Waals surface area contributed by atoms with Gasteiger partial charge in [-0.25, -0.2) is 9.97 Å². The van der Waals surface area contributed by atoms with Gasteiger partial charge in [0, 0.05) is 32.5 Å². The number of nitrogens with zero attached hydrogens (tertiary/aromatic N) is 3. The first-order chi connectivity index (χ1) is 10.9. The molecule has 0 atom stereocenters. The van der Waals surface area contributed by atoms with Gasteiger partial charge >= 0.3 is 0 Å². The lowest BCUT2D eigenvalue weighted by molar-refractivity contribution is 0.105. The fraction of sp³-hybridized carbons (Fsp3) is 0.312. The topological polar surface area (TPSA) is 58.1 Å².